The Morgan fingerprint density at radius 2 is 2.50 bits per heavy atom. The Bertz CT molecular complexity index is 177. The molecule has 0 amide bonds. The molecular weight excluding hydrogens is 152 g/mol. The first kappa shape index (κ1) is 9.26. The number of aliphatic hydroxyl groups is 1. The topological polar surface area (TPSA) is 35.8 Å². The van der Waals surface area contributed by atoms with Crippen molar-refractivity contribution in [3.05, 3.63) is 12.4 Å². The third-order valence-electron chi connectivity index (χ3n) is 1.85. The lowest BCUT2D eigenvalue weighted by Gasteiger charge is -2.22. The maximum absolute atomic E-state index is 9.48. The van der Waals surface area contributed by atoms with Crippen LogP contribution >= 0.6 is 0 Å². The van der Waals surface area contributed by atoms with Crippen LogP contribution in [0.4, 0.5) is 0 Å². The second-order valence-corrected chi connectivity index (χ2v) is 3.03. The Hall–Kier alpha value is -0.830. The van der Waals surface area contributed by atoms with Crippen molar-refractivity contribution in [3.8, 4) is 0 Å². The Morgan fingerprint density at radius 3 is 3.08 bits per heavy atom. The molecule has 1 rings (SSSR count). The van der Waals surface area contributed by atoms with Gasteiger partial charge in [-0.15, -0.1) is 0 Å². The van der Waals surface area contributed by atoms with Crippen LogP contribution in [0, 0.1) is 0 Å². The zero-order valence-corrected chi connectivity index (χ0v) is 7.48. The van der Waals surface area contributed by atoms with E-state index in [0.717, 1.165) is 25.9 Å². The van der Waals surface area contributed by atoms with Crippen LogP contribution in [-0.4, -0.2) is 35.4 Å². The second-order valence-electron chi connectivity index (χ2n) is 3.03. The molecule has 0 aromatic rings. The molecule has 1 aliphatic rings. The molecule has 3 nitrogen and oxygen atoms in total. The summed E-state index contributed by atoms with van der Waals surface area (Å²) >= 11 is 0. The summed E-state index contributed by atoms with van der Waals surface area (Å²) in [5, 5.41) is 9.48. The SMILES string of the molecule is CCCC(O)CN1C=CN=CC1. The molecule has 0 bridgehead atoms. The number of aliphatic hydroxyl groups excluding tert-OH is 1. The van der Waals surface area contributed by atoms with Crippen LogP contribution in [0.2, 0.25) is 0 Å². The van der Waals surface area contributed by atoms with Gasteiger partial charge in [0.25, 0.3) is 0 Å². The van der Waals surface area contributed by atoms with Crippen LogP contribution in [0.1, 0.15) is 19.8 Å². The summed E-state index contributed by atoms with van der Waals surface area (Å²) in [5.41, 5.74) is 0. The van der Waals surface area contributed by atoms with Crippen molar-refractivity contribution in [1.82, 2.24) is 4.90 Å². The standard InChI is InChI=1S/C9H16N2O/c1-2-3-9(12)8-11-6-4-10-5-7-11/h4-6,9,12H,2-3,7-8H2,1H3. The van der Waals surface area contributed by atoms with Crippen LogP contribution in [0.15, 0.2) is 17.4 Å². The molecular formula is C9H16N2O. The van der Waals surface area contributed by atoms with Gasteiger partial charge in [-0.25, -0.2) is 0 Å². The molecule has 1 atom stereocenters. The first-order valence-corrected chi connectivity index (χ1v) is 4.43. The summed E-state index contributed by atoms with van der Waals surface area (Å²) in [7, 11) is 0. The lowest BCUT2D eigenvalue weighted by atomic mass is 10.2. The molecule has 1 heterocycles. The van der Waals surface area contributed by atoms with Crippen LogP contribution in [0.5, 0.6) is 0 Å². The van der Waals surface area contributed by atoms with Crippen molar-refractivity contribution in [2.24, 2.45) is 4.99 Å². The van der Waals surface area contributed by atoms with E-state index in [9.17, 15) is 5.11 Å². The van der Waals surface area contributed by atoms with Crippen molar-refractivity contribution < 1.29 is 5.11 Å². The number of hydrogen-bond donors (Lipinski definition) is 1. The van der Waals surface area contributed by atoms with E-state index in [1.807, 2.05) is 12.4 Å². The molecule has 1 unspecified atom stereocenters. The first-order valence-electron chi connectivity index (χ1n) is 4.43. The summed E-state index contributed by atoms with van der Waals surface area (Å²) in [6.07, 6.45) is 7.22. The fourth-order valence-corrected chi connectivity index (χ4v) is 1.24. The highest BCUT2D eigenvalue weighted by Crippen LogP contribution is 2.01. The van der Waals surface area contributed by atoms with Gasteiger partial charge in [0.2, 0.25) is 0 Å². The van der Waals surface area contributed by atoms with E-state index in [0.29, 0.717) is 0 Å². The summed E-state index contributed by atoms with van der Waals surface area (Å²) in [6, 6.07) is 0. The quantitative estimate of drug-likeness (QED) is 0.680. The van der Waals surface area contributed by atoms with Crippen molar-refractivity contribution in [2.45, 2.75) is 25.9 Å². The Kier molecular flexibility index (Phi) is 3.80. The molecule has 0 aromatic carbocycles. The monoisotopic (exact) mass is 168 g/mol. The van der Waals surface area contributed by atoms with Gasteiger partial charge in [0.1, 0.15) is 0 Å². The first-order chi connectivity index (χ1) is 5.83. The third-order valence-corrected chi connectivity index (χ3v) is 1.85. The Morgan fingerprint density at radius 1 is 1.67 bits per heavy atom. The number of hydrogen-bond acceptors (Lipinski definition) is 3. The highest BCUT2D eigenvalue weighted by Gasteiger charge is 2.07. The third kappa shape index (κ3) is 3.05. The van der Waals surface area contributed by atoms with Gasteiger partial charge in [-0.2, -0.15) is 0 Å². The number of rotatable bonds is 4. The van der Waals surface area contributed by atoms with Crippen molar-refractivity contribution in [1.29, 1.82) is 0 Å². The largest absolute Gasteiger partial charge is 0.391 e. The van der Waals surface area contributed by atoms with E-state index in [4.69, 9.17) is 0 Å². The minimum absolute atomic E-state index is 0.203. The zero-order valence-electron chi connectivity index (χ0n) is 7.48. The zero-order chi connectivity index (χ0) is 8.81. The Labute approximate surface area is 73.4 Å². The van der Waals surface area contributed by atoms with Gasteiger partial charge in [-0.05, 0) is 6.42 Å². The molecule has 0 aromatic heterocycles. The average Bonchev–Trinajstić information content (AvgIpc) is 2.06. The predicted octanol–water partition coefficient (Wildman–Crippen LogP) is 1.01. The molecule has 0 saturated heterocycles. The van der Waals surface area contributed by atoms with E-state index in [1.54, 1.807) is 6.20 Å². The average molecular weight is 168 g/mol. The molecule has 1 aliphatic heterocycles. The maximum atomic E-state index is 9.48. The molecule has 3 heteroatoms. The number of β-amino-alcohol motifs (C(OH)–C–C–N with tert-alkyl or cyclic N) is 1. The van der Waals surface area contributed by atoms with E-state index in [1.165, 1.54) is 0 Å². The van der Waals surface area contributed by atoms with Gasteiger partial charge in [0.15, 0.2) is 0 Å². The van der Waals surface area contributed by atoms with Gasteiger partial charge in [0, 0.05) is 25.2 Å². The molecule has 0 fully saturated rings. The fraction of sp³-hybridized carbons (Fsp3) is 0.667. The van der Waals surface area contributed by atoms with Gasteiger partial charge in [-0.1, -0.05) is 13.3 Å². The Balaban J connectivity index is 2.22. The highest BCUT2D eigenvalue weighted by atomic mass is 16.3. The lowest BCUT2D eigenvalue weighted by Crippen LogP contribution is -2.30. The summed E-state index contributed by atoms with van der Waals surface area (Å²) in [4.78, 5) is 6.01. The molecule has 0 radical (unpaired) electrons. The van der Waals surface area contributed by atoms with Crippen molar-refractivity contribution in [3.63, 3.8) is 0 Å². The molecule has 68 valence electrons. The minimum atomic E-state index is -0.203. The molecule has 1 N–H and O–H groups in total. The van der Waals surface area contributed by atoms with E-state index in [-0.39, 0.29) is 6.10 Å². The van der Waals surface area contributed by atoms with Crippen LogP contribution in [0.25, 0.3) is 0 Å². The van der Waals surface area contributed by atoms with Crippen molar-refractivity contribution >= 4 is 6.21 Å². The van der Waals surface area contributed by atoms with E-state index >= 15 is 0 Å². The van der Waals surface area contributed by atoms with E-state index in [2.05, 4.69) is 16.8 Å². The number of nitrogens with zero attached hydrogens (tertiary/aromatic N) is 2. The smallest absolute Gasteiger partial charge is 0.0714 e. The molecule has 0 spiro atoms. The summed E-state index contributed by atoms with van der Waals surface area (Å²) < 4.78 is 0. The fourth-order valence-electron chi connectivity index (χ4n) is 1.24. The van der Waals surface area contributed by atoms with Crippen LogP contribution in [0.3, 0.4) is 0 Å². The molecule has 12 heavy (non-hydrogen) atoms. The van der Waals surface area contributed by atoms with Gasteiger partial charge >= 0.3 is 0 Å². The predicted molar refractivity (Wildman–Crippen MR) is 50.1 cm³/mol. The minimum Gasteiger partial charge on any atom is -0.391 e. The normalized spacial score (nSPS) is 18.3. The van der Waals surface area contributed by atoms with E-state index < -0.39 is 0 Å². The highest BCUT2D eigenvalue weighted by molar-refractivity contribution is 5.61. The molecule has 0 aliphatic carbocycles. The second kappa shape index (κ2) is 4.93. The van der Waals surface area contributed by atoms with Crippen LogP contribution < -0.4 is 0 Å². The van der Waals surface area contributed by atoms with Gasteiger partial charge in [0.05, 0.1) is 12.6 Å². The maximum Gasteiger partial charge on any atom is 0.0714 e. The summed E-state index contributed by atoms with van der Waals surface area (Å²) in [5.74, 6) is 0. The van der Waals surface area contributed by atoms with Gasteiger partial charge < -0.3 is 10.0 Å². The summed E-state index contributed by atoms with van der Waals surface area (Å²) in [6.45, 7) is 3.62. The number of aliphatic imine (C=N–C) groups is 1. The van der Waals surface area contributed by atoms with Crippen molar-refractivity contribution in [2.75, 3.05) is 13.1 Å². The lowest BCUT2D eigenvalue weighted by molar-refractivity contribution is 0.130. The van der Waals surface area contributed by atoms with Gasteiger partial charge in [-0.3, -0.25) is 4.99 Å². The molecule has 0 saturated carbocycles. The van der Waals surface area contributed by atoms with Crippen LogP contribution in [-0.2, 0) is 0 Å².